The molecule has 7 nitrogen and oxygen atoms in total. The van der Waals surface area contributed by atoms with E-state index >= 15 is 0 Å². The molecule has 1 aromatic carbocycles. The van der Waals surface area contributed by atoms with Crippen molar-refractivity contribution in [2.75, 3.05) is 19.8 Å². The number of rotatable bonds is 8. The maximum atomic E-state index is 12.4. The van der Waals surface area contributed by atoms with Crippen LogP contribution in [0.1, 0.15) is 40.8 Å². The lowest BCUT2D eigenvalue weighted by atomic mass is 10.1. The Kier molecular flexibility index (Phi) is 7.28. The summed E-state index contributed by atoms with van der Waals surface area (Å²) >= 11 is 1.28. The summed E-state index contributed by atoms with van der Waals surface area (Å²) in [5.74, 6) is 0.412. The molecule has 0 atom stereocenters. The van der Waals surface area contributed by atoms with Gasteiger partial charge in [0.15, 0.2) is 11.5 Å². The van der Waals surface area contributed by atoms with Crippen LogP contribution in [0.4, 0.5) is 0 Å². The summed E-state index contributed by atoms with van der Waals surface area (Å²) in [6.45, 7) is 6.78. The van der Waals surface area contributed by atoms with Crippen LogP contribution < -0.4 is 25.1 Å². The van der Waals surface area contributed by atoms with Gasteiger partial charge >= 0.3 is 0 Å². The SMILES string of the molecule is CCOc1cc(C(=O)NNC(=O)c2cccs2)cc(OCC)c1OCC. The van der Waals surface area contributed by atoms with E-state index in [1.165, 1.54) is 11.3 Å². The Labute approximate surface area is 156 Å². The highest BCUT2D eigenvalue weighted by molar-refractivity contribution is 7.12. The van der Waals surface area contributed by atoms with E-state index in [4.69, 9.17) is 14.2 Å². The zero-order valence-electron chi connectivity index (χ0n) is 15.0. The standard InChI is InChI=1S/C18H22N2O5S/c1-4-23-13-10-12(11-14(24-5-2)16(13)25-6-3)17(21)19-20-18(22)15-8-7-9-26-15/h7-11H,4-6H2,1-3H3,(H,19,21)(H,20,22). The van der Waals surface area contributed by atoms with Crippen LogP contribution >= 0.6 is 11.3 Å². The van der Waals surface area contributed by atoms with E-state index in [0.717, 1.165) is 0 Å². The number of carbonyl (C=O) groups excluding carboxylic acids is 2. The average Bonchev–Trinajstić information content (AvgIpc) is 3.17. The monoisotopic (exact) mass is 378 g/mol. The Morgan fingerprint density at radius 1 is 0.923 bits per heavy atom. The van der Waals surface area contributed by atoms with Gasteiger partial charge in [0, 0.05) is 5.56 Å². The lowest BCUT2D eigenvalue weighted by molar-refractivity contribution is 0.0848. The summed E-state index contributed by atoms with van der Waals surface area (Å²) in [6.07, 6.45) is 0. The molecule has 2 aromatic rings. The molecule has 0 radical (unpaired) electrons. The Balaban J connectivity index is 2.20. The highest BCUT2D eigenvalue weighted by atomic mass is 32.1. The van der Waals surface area contributed by atoms with E-state index in [1.807, 2.05) is 20.8 Å². The molecule has 0 aliphatic heterocycles. The zero-order chi connectivity index (χ0) is 18.9. The molecule has 0 saturated heterocycles. The quantitative estimate of drug-likeness (QED) is 0.690. The van der Waals surface area contributed by atoms with Crippen molar-refractivity contribution in [3.8, 4) is 17.2 Å². The van der Waals surface area contributed by atoms with E-state index in [2.05, 4.69) is 10.9 Å². The summed E-state index contributed by atoms with van der Waals surface area (Å²) in [7, 11) is 0. The molecule has 26 heavy (non-hydrogen) atoms. The predicted molar refractivity (Wildman–Crippen MR) is 99.2 cm³/mol. The number of ether oxygens (including phenoxy) is 3. The Morgan fingerprint density at radius 3 is 2.00 bits per heavy atom. The van der Waals surface area contributed by atoms with E-state index < -0.39 is 5.91 Å². The van der Waals surface area contributed by atoms with E-state index in [9.17, 15) is 9.59 Å². The van der Waals surface area contributed by atoms with Crippen molar-refractivity contribution >= 4 is 23.2 Å². The number of hydrogen-bond donors (Lipinski definition) is 2. The molecule has 0 aliphatic rings. The van der Waals surface area contributed by atoms with Crippen LogP contribution in [0.15, 0.2) is 29.6 Å². The minimum atomic E-state index is -0.486. The van der Waals surface area contributed by atoms with Crippen molar-refractivity contribution in [2.45, 2.75) is 20.8 Å². The first-order chi connectivity index (χ1) is 12.6. The van der Waals surface area contributed by atoms with Crippen LogP contribution in [0.3, 0.4) is 0 Å². The van der Waals surface area contributed by atoms with Crippen molar-refractivity contribution in [1.82, 2.24) is 10.9 Å². The van der Waals surface area contributed by atoms with Gasteiger partial charge in [-0.3, -0.25) is 20.4 Å². The molecule has 0 unspecified atom stereocenters. The molecule has 2 amide bonds. The third-order valence-electron chi connectivity index (χ3n) is 3.21. The highest BCUT2D eigenvalue weighted by Crippen LogP contribution is 2.39. The third-order valence-corrected chi connectivity index (χ3v) is 4.07. The van der Waals surface area contributed by atoms with E-state index in [1.54, 1.807) is 29.6 Å². The second-order valence-corrected chi connectivity index (χ2v) is 5.93. The molecular formula is C18H22N2O5S. The Bertz CT molecular complexity index is 719. The van der Waals surface area contributed by atoms with Crippen LogP contribution in [-0.4, -0.2) is 31.6 Å². The molecule has 1 heterocycles. The van der Waals surface area contributed by atoms with Gasteiger partial charge < -0.3 is 14.2 Å². The fourth-order valence-electron chi connectivity index (χ4n) is 2.17. The topological polar surface area (TPSA) is 85.9 Å². The van der Waals surface area contributed by atoms with E-state index in [-0.39, 0.29) is 11.5 Å². The van der Waals surface area contributed by atoms with Gasteiger partial charge in [-0.15, -0.1) is 11.3 Å². The first-order valence-electron chi connectivity index (χ1n) is 8.31. The number of thiophene rings is 1. The molecule has 0 saturated carbocycles. The smallest absolute Gasteiger partial charge is 0.279 e. The van der Waals surface area contributed by atoms with Gasteiger partial charge in [-0.2, -0.15) is 0 Å². The summed E-state index contributed by atoms with van der Waals surface area (Å²) in [6, 6.07) is 6.55. The summed E-state index contributed by atoms with van der Waals surface area (Å²) in [5.41, 5.74) is 5.06. The number of hydrogen-bond acceptors (Lipinski definition) is 6. The van der Waals surface area contributed by atoms with Gasteiger partial charge in [0.25, 0.3) is 11.8 Å². The summed E-state index contributed by atoms with van der Waals surface area (Å²) in [4.78, 5) is 24.9. The van der Waals surface area contributed by atoms with Gasteiger partial charge in [-0.25, -0.2) is 0 Å². The van der Waals surface area contributed by atoms with Gasteiger partial charge in [0.1, 0.15) is 0 Å². The van der Waals surface area contributed by atoms with Gasteiger partial charge in [-0.1, -0.05) is 6.07 Å². The molecule has 2 N–H and O–H groups in total. The molecule has 0 bridgehead atoms. The first-order valence-corrected chi connectivity index (χ1v) is 9.19. The fraction of sp³-hybridized carbons (Fsp3) is 0.333. The summed E-state index contributed by atoms with van der Waals surface area (Å²) in [5, 5.41) is 1.78. The van der Waals surface area contributed by atoms with Crippen molar-refractivity contribution in [3.63, 3.8) is 0 Å². The number of nitrogens with one attached hydrogen (secondary N) is 2. The molecule has 2 rings (SSSR count). The van der Waals surface area contributed by atoms with Gasteiger partial charge in [-0.05, 0) is 44.4 Å². The third kappa shape index (κ3) is 4.89. The second-order valence-electron chi connectivity index (χ2n) is 4.99. The van der Waals surface area contributed by atoms with Crippen molar-refractivity contribution < 1.29 is 23.8 Å². The first kappa shape index (κ1) is 19.6. The highest BCUT2D eigenvalue weighted by Gasteiger charge is 2.19. The maximum absolute atomic E-state index is 12.4. The molecule has 0 fully saturated rings. The van der Waals surface area contributed by atoms with Crippen LogP contribution in [0.25, 0.3) is 0 Å². The van der Waals surface area contributed by atoms with Gasteiger partial charge in [0.05, 0.1) is 24.7 Å². The number of carbonyl (C=O) groups is 2. The van der Waals surface area contributed by atoms with E-state index in [0.29, 0.717) is 41.9 Å². The number of benzene rings is 1. The molecule has 140 valence electrons. The normalized spacial score (nSPS) is 10.1. The second kappa shape index (κ2) is 9.67. The predicted octanol–water partition coefficient (Wildman–Crippen LogP) is 3.02. The fourth-order valence-corrected chi connectivity index (χ4v) is 2.79. The summed E-state index contributed by atoms with van der Waals surface area (Å²) < 4.78 is 16.8. The largest absolute Gasteiger partial charge is 0.490 e. The zero-order valence-corrected chi connectivity index (χ0v) is 15.8. The lowest BCUT2D eigenvalue weighted by Gasteiger charge is -2.17. The van der Waals surface area contributed by atoms with Gasteiger partial charge in [0.2, 0.25) is 5.75 Å². The lowest BCUT2D eigenvalue weighted by Crippen LogP contribution is -2.41. The Hall–Kier alpha value is -2.74. The molecule has 0 aliphatic carbocycles. The van der Waals surface area contributed by atoms with Crippen LogP contribution in [0, 0.1) is 0 Å². The molecular weight excluding hydrogens is 356 g/mol. The molecule has 0 spiro atoms. The van der Waals surface area contributed by atoms with Crippen molar-refractivity contribution in [3.05, 3.63) is 40.1 Å². The minimum absolute atomic E-state index is 0.284. The number of hydrazine groups is 1. The number of amides is 2. The molecule has 8 heteroatoms. The maximum Gasteiger partial charge on any atom is 0.279 e. The van der Waals surface area contributed by atoms with Crippen LogP contribution in [0.2, 0.25) is 0 Å². The Morgan fingerprint density at radius 2 is 1.50 bits per heavy atom. The average molecular weight is 378 g/mol. The van der Waals surface area contributed by atoms with Crippen molar-refractivity contribution in [2.24, 2.45) is 0 Å². The van der Waals surface area contributed by atoms with Crippen LogP contribution in [0.5, 0.6) is 17.2 Å². The molecule has 1 aromatic heterocycles. The van der Waals surface area contributed by atoms with Crippen LogP contribution in [-0.2, 0) is 0 Å². The van der Waals surface area contributed by atoms with Crippen molar-refractivity contribution in [1.29, 1.82) is 0 Å². The minimum Gasteiger partial charge on any atom is -0.490 e.